The fraction of sp³-hybridized carbons (Fsp3) is 0.450. The van der Waals surface area contributed by atoms with Crippen molar-refractivity contribution >= 4 is 40.3 Å². The first-order valence-corrected chi connectivity index (χ1v) is 10.5. The van der Waals surface area contributed by atoms with Gasteiger partial charge >= 0.3 is 5.69 Å². The zero-order valence-electron chi connectivity index (χ0n) is 16.7. The number of hydrogen-bond acceptors (Lipinski definition) is 5. The third-order valence-corrected chi connectivity index (χ3v) is 6.56. The van der Waals surface area contributed by atoms with Gasteiger partial charge in [0.25, 0.3) is 5.56 Å². The number of hydrogen-bond donors (Lipinski definition) is 2. The summed E-state index contributed by atoms with van der Waals surface area (Å²) in [5, 5.41) is 13.5. The van der Waals surface area contributed by atoms with E-state index in [4.69, 9.17) is 23.2 Å². The molecule has 4 rings (SSSR count). The molecule has 10 heteroatoms. The van der Waals surface area contributed by atoms with Gasteiger partial charge in [0.2, 0.25) is 5.95 Å². The lowest BCUT2D eigenvalue weighted by Crippen LogP contribution is -2.39. The highest BCUT2D eigenvalue weighted by molar-refractivity contribution is 6.42. The molecule has 0 amide bonds. The summed E-state index contributed by atoms with van der Waals surface area (Å²) < 4.78 is 4.24. The number of fused-ring (bicyclic) bond motifs is 1. The number of halogens is 2. The molecule has 0 spiro atoms. The minimum absolute atomic E-state index is 0.0765. The normalized spacial score (nSPS) is 19.0. The van der Waals surface area contributed by atoms with Crippen molar-refractivity contribution in [2.45, 2.75) is 31.8 Å². The number of imidazole rings is 1. The number of rotatable bonds is 5. The van der Waals surface area contributed by atoms with Crippen LogP contribution < -0.4 is 16.6 Å². The van der Waals surface area contributed by atoms with Crippen LogP contribution in [0.4, 0.5) is 5.95 Å². The summed E-state index contributed by atoms with van der Waals surface area (Å²) in [5.41, 5.74) is 0.504. The van der Waals surface area contributed by atoms with Crippen molar-refractivity contribution in [1.82, 2.24) is 18.7 Å². The highest BCUT2D eigenvalue weighted by Gasteiger charge is 2.26. The lowest BCUT2D eigenvalue weighted by Gasteiger charge is -2.13. The first-order chi connectivity index (χ1) is 14.3. The van der Waals surface area contributed by atoms with Gasteiger partial charge in [0.05, 0.1) is 16.6 Å². The first-order valence-electron chi connectivity index (χ1n) is 9.77. The molecule has 2 heterocycles. The van der Waals surface area contributed by atoms with Crippen LogP contribution in [0.25, 0.3) is 11.2 Å². The molecule has 1 aliphatic rings. The van der Waals surface area contributed by atoms with E-state index >= 15 is 0 Å². The number of benzene rings is 1. The zero-order chi connectivity index (χ0) is 21.6. The van der Waals surface area contributed by atoms with Crippen molar-refractivity contribution in [1.29, 1.82) is 0 Å². The molecule has 0 unspecified atom stereocenters. The first kappa shape index (κ1) is 21.0. The average molecular weight is 452 g/mol. The van der Waals surface area contributed by atoms with Crippen molar-refractivity contribution < 1.29 is 5.11 Å². The van der Waals surface area contributed by atoms with Crippen molar-refractivity contribution in [3.05, 3.63) is 54.6 Å². The maximum absolute atomic E-state index is 13.2. The molecule has 2 atom stereocenters. The number of aliphatic hydroxyl groups is 1. The van der Waals surface area contributed by atoms with Gasteiger partial charge in [-0.05, 0) is 42.9 Å². The summed E-state index contributed by atoms with van der Waals surface area (Å²) in [6.07, 6.45) is 2.72. The largest absolute Gasteiger partial charge is 0.396 e. The van der Waals surface area contributed by atoms with E-state index in [1.807, 2.05) is 0 Å². The third kappa shape index (κ3) is 3.64. The molecule has 30 heavy (non-hydrogen) atoms. The van der Waals surface area contributed by atoms with Gasteiger partial charge in [0, 0.05) is 26.7 Å². The molecule has 1 fully saturated rings. The summed E-state index contributed by atoms with van der Waals surface area (Å²) in [6.45, 7) is 0.252. The van der Waals surface area contributed by atoms with Crippen LogP contribution in [0, 0.1) is 5.92 Å². The number of aromatic nitrogens is 4. The van der Waals surface area contributed by atoms with Gasteiger partial charge in [-0.25, -0.2) is 4.79 Å². The Bertz CT molecular complexity index is 1230. The SMILES string of the molecule is Cn1c(N[C@@H]2CC[C@H](CO)C2)nc2c1c(=O)n(Cc1ccc(Cl)c(Cl)c1)c(=O)n2C. The van der Waals surface area contributed by atoms with Gasteiger partial charge < -0.3 is 15.0 Å². The molecule has 0 radical (unpaired) electrons. The van der Waals surface area contributed by atoms with E-state index in [1.165, 1.54) is 9.13 Å². The maximum atomic E-state index is 13.2. The molecule has 1 aliphatic carbocycles. The van der Waals surface area contributed by atoms with Crippen molar-refractivity contribution in [2.75, 3.05) is 11.9 Å². The second-order valence-electron chi connectivity index (χ2n) is 7.85. The quantitative estimate of drug-likeness (QED) is 0.620. The van der Waals surface area contributed by atoms with Crippen molar-refractivity contribution in [3.8, 4) is 0 Å². The Balaban J connectivity index is 1.75. The Morgan fingerprint density at radius 3 is 2.60 bits per heavy atom. The van der Waals surface area contributed by atoms with Crippen molar-refractivity contribution in [2.24, 2.45) is 20.0 Å². The van der Waals surface area contributed by atoms with Crippen LogP contribution in [-0.2, 0) is 20.6 Å². The van der Waals surface area contributed by atoms with Gasteiger partial charge in [-0.3, -0.25) is 13.9 Å². The predicted octanol–water partition coefficient (Wildman–Crippen LogP) is 2.36. The molecule has 1 aromatic carbocycles. The fourth-order valence-corrected chi connectivity index (χ4v) is 4.41. The van der Waals surface area contributed by atoms with Crippen molar-refractivity contribution in [3.63, 3.8) is 0 Å². The monoisotopic (exact) mass is 451 g/mol. The molecule has 1 saturated carbocycles. The van der Waals surface area contributed by atoms with Crippen LogP contribution in [-0.4, -0.2) is 36.4 Å². The summed E-state index contributed by atoms with van der Waals surface area (Å²) in [6, 6.07) is 5.19. The van der Waals surface area contributed by atoms with Crippen LogP contribution in [0.15, 0.2) is 27.8 Å². The number of nitrogens with zero attached hydrogens (tertiary/aromatic N) is 4. The predicted molar refractivity (Wildman–Crippen MR) is 118 cm³/mol. The molecule has 0 saturated heterocycles. The van der Waals surface area contributed by atoms with Crippen LogP contribution in [0.2, 0.25) is 10.0 Å². The van der Waals surface area contributed by atoms with Crippen LogP contribution in [0.1, 0.15) is 24.8 Å². The van der Waals surface area contributed by atoms with Gasteiger partial charge in [-0.15, -0.1) is 0 Å². The van der Waals surface area contributed by atoms with E-state index in [1.54, 1.807) is 36.9 Å². The van der Waals surface area contributed by atoms with Gasteiger partial charge in [0.1, 0.15) is 0 Å². The molecule has 2 aromatic heterocycles. The summed E-state index contributed by atoms with van der Waals surface area (Å²) in [5.74, 6) is 0.818. The smallest absolute Gasteiger partial charge is 0.332 e. The average Bonchev–Trinajstić information content (AvgIpc) is 3.31. The van der Waals surface area contributed by atoms with E-state index in [9.17, 15) is 14.7 Å². The Kier molecular flexibility index (Phi) is 5.65. The highest BCUT2D eigenvalue weighted by Crippen LogP contribution is 2.28. The Labute approximate surface area is 182 Å². The molecular weight excluding hydrogens is 429 g/mol. The summed E-state index contributed by atoms with van der Waals surface area (Å²) >= 11 is 12.0. The Hall–Kier alpha value is -2.29. The molecule has 0 aliphatic heterocycles. The maximum Gasteiger partial charge on any atom is 0.332 e. The molecule has 3 aromatic rings. The van der Waals surface area contributed by atoms with Crippen LogP contribution >= 0.6 is 23.2 Å². The third-order valence-electron chi connectivity index (χ3n) is 5.82. The van der Waals surface area contributed by atoms with E-state index in [0.717, 1.165) is 19.3 Å². The standard InChI is InChI=1S/C20H23Cl2N5O3/c1-25-16-17(24-19(25)23-13-5-3-12(7-13)10-28)26(2)20(30)27(18(16)29)9-11-4-6-14(21)15(22)8-11/h4,6,8,12-13,28H,3,5,7,9-10H2,1-2H3,(H,23,24)/t12-,13+/m0/s1. The second-order valence-corrected chi connectivity index (χ2v) is 8.67. The molecule has 160 valence electrons. The summed E-state index contributed by atoms with van der Waals surface area (Å²) in [7, 11) is 3.36. The second kappa shape index (κ2) is 8.09. The lowest BCUT2D eigenvalue weighted by atomic mass is 10.1. The molecule has 0 bridgehead atoms. The topological polar surface area (TPSA) is 94.1 Å². The highest BCUT2D eigenvalue weighted by atomic mass is 35.5. The molecular formula is C20H23Cl2N5O3. The van der Waals surface area contributed by atoms with Gasteiger partial charge in [0.15, 0.2) is 11.2 Å². The van der Waals surface area contributed by atoms with Gasteiger partial charge in [-0.2, -0.15) is 4.98 Å². The van der Waals surface area contributed by atoms with Crippen LogP contribution in [0.5, 0.6) is 0 Å². The number of nitrogens with one attached hydrogen (secondary N) is 1. The van der Waals surface area contributed by atoms with E-state index in [2.05, 4.69) is 10.3 Å². The minimum atomic E-state index is -0.454. The van der Waals surface area contributed by atoms with E-state index in [0.29, 0.717) is 32.7 Å². The number of aliphatic hydroxyl groups excluding tert-OH is 1. The molecule has 8 nitrogen and oxygen atoms in total. The Morgan fingerprint density at radius 1 is 1.17 bits per heavy atom. The zero-order valence-corrected chi connectivity index (χ0v) is 18.2. The van der Waals surface area contributed by atoms with Crippen LogP contribution in [0.3, 0.4) is 0 Å². The number of anilines is 1. The van der Waals surface area contributed by atoms with E-state index in [-0.39, 0.29) is 25.1 Å². The van der Waals surface area contributed by atoms with E-state index < -0.39 is 11.2 Å². The number of aryl methyl sites for hydroxylation is 2. The summed E-state index contributed by atoms with van der Waals surface area (Å²) in [4.78, 5) is 30.6. The molecule has 2 N–H and O–H groups in total. The fourth-order valence-electron chi connectivity index (χ4n) is 4.09. The Morgan fingerprint density at radius 2 is 1.93 bits per heavy atom. The minimum Gasteiger partial charge on any atom is -0.396 e. The lowest BCUT2D eigenvalue weighted by molar-refractivity contribution is 0.229. The van der Waals surface area contributed by atoms with Gasteiger partial charge in [-0.1, -0.05) is 29.3 Å².